The van der Waals surface area contributed by atoms with Gasteiger partial charge in [-0.05, 0) is 22.3 Å². The third-order valence-electron chi connectivity index (χ3n) is 5.37. The van der Waals surface area contributed by atoms with Gasteiger partial charge in [0, 0.05) is 17.7 Å². The van der Waals surface area contributed by atoms with Crippen molar-refractivity contribution in [2.75, 3.05) is 0 Å². The Bertz CT molecular complexity index is 1010. The van der Waals surface area contributed by atoms with Crippen molar-refractivity contribution in [2.24, 2.45) is 4.99 Å². The minimum absolute atomic E-state index is 0.277. The Kier molecular flexibility index (Phi) is 2.85. The summed E-state index contributed by atoms with van der Waals surface area (Å²) in [7, 11) is 0. The van der Waals surface area contributed by atoms with Crippen LogP contribution in [-0.4, -0.2) is 15.9 Å². The summed E-state index contributed by atoms with van der Waals surface area (Å²) in [6.45, 7) is 0. The van der Waals surface area contributed by atoms with Crippen LogP contribution in [0.15, 0.2) is 83.9 Å². The Morgan fingerprint density at radius 2 is 1.24 bits per heavy atom. The highest BCUT2D eigenvalue weighted by atomic mass is 16.4. The maximum Gasteiger partial charge on any atom is 0.217 e. The molecule has 0 amide bonds. The summed E-state index contributed by atoms with van der Waals surface area (Å²) in [4.78, 5) is 4.65. The molecule has 1 aliphatic carbocycles. The van der Waals surface area contributed by atoms with Crippen LogP contribution in [0.5, 0.6) is 0 Å². The summed E-state index contributed by atoms with van der Waals surface area (Å²) in [5.41, 5.74) is 1.75. The first-order valence-corrected chi connectivity index (χ1v) is 8.42. The van der Waals surface area contributed by atoms with E-state index in [2.05, 4.69) is 4.99 Å². The number of hydrogen-bond donors (Lipinski definition) is 2. The number of rotatable bonds is 1. The van der Waals surface area contributed by atoms with Crippen molar-refractivity contribution in [2.45, 2.75) is 17.7 Å². The van der Waals surface area contributed by atoms with Gasteiger partial charge in [0.1, 0.15) is 5.60 Å². The average molecular weight is 327 g/mol. The van der Waals surface area contributed by atoms with Crippen LogP contribution < -0.4 is 0 Å². The highest BCUT2D eigenvalue weighted by molar-refractivity contribution is 6.04. The maximum atomic E-state index is 11.6. The summed E-state index contributed by atoms with van der Waals surface area (Å²) in [6, 6.07) is 25.1. The number of hydrogen-bond acceptors (Lipinski definition) is 3. The fourth-order valence-corrected chi connectivity index (χ4v) is 4.16. The molecule has 3 aromatic rings. The molecule has 25 heavy (non-hydrogen) atoms. The molecule has 122 valence electrons. The molecule has 1 heterocycles. The van der Waals surface area contributed by atoms with Gasteiger partial charge in [-0.25, -0.2) is 4.99 Å². The molecule has 0 fully saturated rings. The first kappa shape index (κ1) is 14.6. The van der Waals surface area contributed by atoms with Crippen molar-refractivity contribution in [1.82, 2.24) is 0 Å². The van der Waals surface area contributed by atoms with Crippen LogP contribution in [0.25, 0.3) is 11.1 Å². The van der Waals surface area contributed by atoms with Crippen LogP contribution in [0.3, 0.4) is 0 Å². The second kappa shape index (κ2) is 4.88. The lowest BCUT2D eigenvalue weighted by Crippen LogP contribution is -2.47. The molecule has 2 aliphatic rings. The third-order valence-corrected chi connectivity index (χ3v) is 5.37. The van der Waals surface area contributed by atoms with Gasteiger partial charge in [0.25, 0.3) is 0 Å². The molecule has 3 aromatic carbocycles. The zero-order valence-electron chi connectivity index (χ0n) is 13.6. The third kappa shape index (κ3) is 1.79. The van der Waals surface area contributed by atoms with Gasteiger partial charge < -0.3 is 10.2 Å². The molecule has 3 heteroatoms. The van der Waals surface area contributed by atoms with E-state index in [4.69, 9.17) is 0 Å². The van der Waals surface area contributed by atoms with Crippen molar-refractivity contribution in [3.63, 3.8) is 0 Å². The molecule has 0 saturated carbocycles. The van der Waals surface area contributed by atoms with Crippen molar-refractivity contribution in [3.8, 4) is 11.1 Å². The zero-order chi connectivity index (χ0) is 17.1. The second-order valence-corrected chi connectivity index (χ2v) is 6.72. The van der Waals surface area contributed by atoms with Crippen LogP contribution in [0.4, 0.5) is 0 Å². The van der Waals surface area contributed by atoms with Crippen LogP contribution >= 0.6 is 0 Å². The smallest absolute Gasteiger partial charge is 0.217 e. The Hall–Kier alpha value is -2.75. The molecule has 1 aliphatic heterocycles. The molecular weight excluding hydrogens is 310 g/mol. The largest absolute Gasteiger partial charge is 0.379 e. The highest BCUT2D eigenvalue weighted by Gasteiger charge is 2.60. The van der Waals surface area contributed by atoms with E-state index in [1.165, 1.54) is 0 Å². The van der Waals surface area contributed by atoms with Gasteiger partial charge in [-0.2, -0.15) is 0 Å². The number of nitrogens with zero attached hydrogens (tertiary/aromatic N) is 1. The molecule has 0 saturated heterocycles. The molecule has 0 spiro atoms. The van der Waals surface area contributed by atoms with Crippen LogP contribution in [0, 0.1) is 0 Å². The molecule has 3 nitrogen and oxygen atoms in total. The molecule has 2 N–H and O–H groups in total. The van der Waals surface area contributed by atoms with Crippen molar-refractivity contribution in [3.05, 3.63) is 95.6 Å². The fourth-order valence-electron chi connectivity index (χ4n) is 4.16. The van der Waals surface area contributed by atoms with Gasteiger partial charge in [-0.15, -0.1) is 0 Å². The first-order chi connectivity index (χ1) is 12.1. The molecule has 2 atom stereocenters. The van der Waals surface area contributed by atoms with E-state index in [9.17, 15) is 10.2 Å². The second-order valence-electron chi connectivity index (χ2n) is 6.72. The Labute approximate surface area is 145 Å². The molecular formula is C22H17NO2. The number of fused-ring (bicyclic) bond motifs is 6. The Morgan fingerprint density at radius 3 is 1.96 bits per heavy atom. The normalized spacial score (nSPS) is 26.4. The van der Waals surface area contributed by atoms with E-state index >= 15 is 0 Å². The van der Waals surface area contributed by atoms with E-state index < -0.39 is 11.3 Å². The van der Waals surface area contributed by atoms with Gasteiger partial charge in [0.2, 0.25) is 5.72 Å². The predicted octanol–water partition coefficient (Wildman–Crippen LogP) is 3.59. The standard InChI is InChI=1S/C22H17NO2/c24-21-14-20(15-8-2-1-3-9-15)23-22(21,25)19-13-7-5-11-17(19)16-10-4-6-12-18(16)21/h1-13,24-25H,14H2/t21-,22-/m1/s1. The number of aliphatic hydroxyl groups is 2. The van der Waals surface area contributed by atoms with E-state index in [-0.39, 0.29) is 6.42 Å². The van der Waals surface area contributed by atoms with E-state index in [1.54, 1.807) is 0 Å². The minimum atomic E-state index is -1.68. The SMILES string of the molecule is O[C@@]12CC(c3ccccc3)=N[C@@]1(O)c1ccccc1-c1ccccc12. The van der Waals surface area contributed by atoms with Gasteiger partial charge in [-0.1, -0.05) is 78.9 Å². The van der Waals surface area contributed by atoms with E-state index in [0.717, 1.165) is 28.0 Å². The Morgan fingerprint density at radius 1 is 0.680 bits per heavy atom. The summed E-state index contributed by atoms with van der Waals surface area (Å²) < 4.78 is 0. The lowest BCUT2D eigenvalue weighted by molar-refractivity contribution is -0.147. The van der Waals surface area contributed by atoms with E-state index in [0.29, 0.717) is 5.56 Å². The van der Waals surface area contributed by atoms with E-state index in [1.807, 2.05) is 78.9 Å². The lowest BCUT2D eigenvalue weighted by atomic mass is 9.69. The summed E-state index contributed by atoms with van der Waals surface area (Å²) in [5.74, 6) is 0. The lowest BCUT2D eigenvalue weighted by Gasteiger charge is -2.42. The van der Waals surface area contributed by atoms with Crippen LogP contribution in [0.1, 0.15) is 23.1 Å². The van der Waals surface area contributed by atoms with Gasteiger partial charge >= 0.3 is 0 Å². The first-order valence-electron chi connectivity index (χ1n) is 8.42. The fraction of sp³-hybridized carbons (Fsp3) is 0.136. The topological polar surface area (TPSA) is 52.8 Å². The minimum Gasteiger partial charge on any atom is -0.379 e. The van der Waals surface area contributed by atoms with Crippen LogP contribution in [-0.2, 0) is 11.3 Å². The molecule has 0 aromatic heterocycles. The summed E-state index contributed by atoms with van der Waals surface area (Å²) in [5, 5.41) is 23.2. The van der Waals surface area contributed by atoms with Gasteiger partial charge in [-0.3, -0.25) is 0 Å². The maximum absolute atomic E-state index is 11.6. The van der Waals surface area contributed by atoms with Gasteiger partial charge in [0.15, 0.2) is 0 Å². The summed E-state index contributed by atoms with van der Waals surface area (Å²) in [6.07, 6.45) is 0.277. The van der Waals surface area contributed by atoms with Crippen molar-refractivity contribution in [1.29, 1.82) is 0 Å². The van der Waals surface area contributed by atoms with Gasteiger partial charge in [0.05, 0.1) is 0 Å². The van der Waals surface area contributed by atoms with Crippen molar-refractivity contribution >= 4 is 5.71 Å². The average Bonchev–Trinajstić information content (AvgIpc) is 2.96. The molecule has 5 rings (SSSR count). The summed E-state index contributed by atoms with van der Waals surface area (Å²) >= 11 is 0. The number of benzene rings is 3. The van der Waals surface area contributed by atoms with Crippen LogP contribution in [0.2, 0.25) is 0 Å². The molecule has 0 unspecified atom stereocenters. The number of aliphatic imine (C=N–C) groups is 1. The van der Waals surface area contributed by atoms with Crippen molar-refractivity contribution < 1.29 is 10.2 Å². The molecule has 0 radical (unpaired) electrons. The quantitative estimate of drug-likeness (QED) is 0.717. The predicted molar refractivity (Wildman–Crippen MR) is 97.3 cm³/mol. The molecule has 0 bridgehead atoms. The zero-order valence-corrected chi connectivity index (χ0v) is 13.6. The Balaban J connectivity index is 1.81. The highest BCUT2D eigenvalue weighted by Crippen LogP contribution is 2.57. The monoisotopic (exact) mass is 327 g/mol.